The van der Waals surface area contributed by atoms with Crippen molar-refractivity contribution >= 4 is 17.3 Å². The van der Waals surface area contributed by atoms with Crippen LogP contribution in [0.25, 0.3) is 16.9 Å². The predicted octanol–water partition coefficient (Wildman–Crippen LogP) is 3.27. The van der Waals surface area contributed by atoms with Crippen LogP contribution in [-0.4, -0.2) is 38.8 Å². The lowest BCUT2D eigenvalue weighted by Gasteiger charge is -2.17. The maximum atomic E-state index is 9.81. The SMILES string of the molecule is COc1cc(-c2cnc3ccc(N(C)c4ccccn4)nn23)ccc1O. The summed E-state index contributed by atoms with van der Waals surface area (Å²) in [6.07, 6.45) is 3.49. The number of benzene rings is 1. The number of pyridine rings is 1. The van der Waals surface area contributed by atoms with Gasteiger partial charge >= 0.3 is 0 Å². The van der Waals surface area contributed by atoms with Gasteiger partial charge in [0.2, 0.25) is 0 Å². The molecule has 0 radical (unpaired) electrons. The largest absolute Gasteiger partial charge is 0.504 e. The molecule has 0 spiro atoms. The van der Waals surface area contributed by atoms with Gasteiger partial charge in [0, 0.05) is 18.8 Å². The number of phenols is 1. The molecular weight excluding hydrogens is 330 g/mol. The molecule has 7 nitrogen and oxygen atoms in total. The molecule has 3 aromatic heterocycles. The maximum Gasteiger partial charge on any atom is 0.161 e. The summed E-state index contributed by atoms with van der Waals surface area (Å²) in [6.45, 7) is 0. The zero-order chi connectivity index (χ0) is 18.1. The quantitative estimate of drug-likeness (QED) is 0.611. The predicted molar refractivity (Wildman–Crippen MR) is 98.9 cm³/mol. The first-order valence-corrected chi connectivity index (χ1v) is 8.04. The Morgan fingerprint density at radius 1 is 1.04 bits per heavy atom. The standard InChI is InChI=1S/C19H17N5O2/c1-23(17-5-3-4-10-20-17)19-9-8-18-21-12-14(24(18)22-19)13-6-7-15(25)16(11-13)26-2/h3-12,25H,1-2H3. The number of hydrogen-bond acceptors (Lipinski definition) is 6. The Morgan fingerprint density at radius 2 is 1.92 bits per heavy atom. The summed E-state index contributed by atoms with van der Waals surface area (Å²) in [6, 6.07) is 14.7. The van der Waals surface area contributed by atoms with Crippen molar-refractivity contribution in [3.63, 3.8) is 0 Å². The van der Waals surface area contributed by atoms with Gasteiger partial charge in [-0.3, -0.25) is 0 Å². The fourth-order valence-electron chi connectivity index (χ4n) is 2.75. The van der Waals surface area contributed by atoms with E-state index in [1.54, 1.807) is 35.1 Å². The average molecular weight is 347 g/mol. The number of rotatable bonds is 4. The lowest BCUT2D eigenvalue weighted by atomic mass is 10.1. The summed E-state index contributed by atoms with van der Waals surface area (Å²) < 4.78 is 6.96. The van der Waals surface area contributed by atoms with Crippen molar-refractivity contribution in [2.75, 3.05) is 19.1 Å². The van der Waals surface area contributed by atoms with Gasteiger partial charge in [-0.15, -0.1) is 5.10 Å². The van der Waals surface area contributed by atoms with Gasteiger partial charge in [0.1, 0.15) is 5.82 Å². The lowest BCUT2D eigenvalue weighted by molar-refractivity contribution is 0.373. The molecular formula is C19H17N5O2. The fourth-order valence-corrected chi connectivity index (χ4v) is 2.75. The highest BCUT2D eigenvalue weighted by molar-refractivity contribution is 5.67. The van der Waals surface area contributed by atoms with Crippen LogP contribution in [0, 0.1) is 0 Å². The first-order valence-electron chi connectivity index (χ1n) is 8.04. The zero-order valence-corrected chi connectivity index (χ0v) is 14.4. The van der Waals surface area contributed by atoms with Gasteiger partial charge in [0.15, 0.2) is 23.0 Å². The van der Waals surface area contributed by atoms with Gasteiger partial charge in [-0.05, 0) is 42.5 Å². The minimum Gasteiger partial charge on any atom is -0.504 e. The fraction of sp³-hybridized carbons (Fsp3) is 0.105. The van der Waals surface area contributed by atoms with Crippen LogP contribution in [0.4, 0.5) is 11.6 Å². The molecule has 0 aliphatic carbocycles. The number of methoxy groups -OCH3 is 1. The van der Waals surface area contributed by atoms with Crippen LogP contribution in [0.1, 0.15) is 0 Å². The molecule has 26 heavy (non-hydrogen) atoms. The van der Waals surface area contributed by atoms with Gasteiger partial charge in [0.25, 0.3) is 0 Å². The Kier molecular flexibility index (Phi) is 3.89. The van der Waals surface area contributed by atoms with E-state index >= 15 is 0 Å². The number of hydrogen-bond donors (Lipinski definition) is 1. The summed E-state index contributed by atoms with van der Waals surface area (Å²) in [5, 5.41) is 14.5. The molecule has 0 fully saturated rings. The Morgan fingerprint density at radius 3 is 2.69 bits per heavy atom. The van der Waals surface area contributed by atoms with E-state index in [-0.39, 0.29) is 5.75 Å². The highest BCUT2D eigenvalue weighted by Crippen LogP contribution is 2.32. The molecule has 130 valence electrons. The number of nitrogens with zero attached hydrogens (tertiary/aromatic N) is 5. The molecule has 0 bridgehead atoms. The van der Waals surface area contributed by atoms with Gasteiger partial charge < -0.3 is 14.7 Å². The second kappa shape index (κ2) is 6.36. The molecule has 0 unspecified atom stereocenters. The molecule has 3 heterocycles. The van der Waals surface area contributed by atoms with E-state index in [0.717, 1.165) is 28.5 Å². The lowest BCUT2D eigenvalue weighted by Crippen LogP contribution is -2.14. The van der Waals surface area contributed by atoms with E-state index in [1.807, 2.05) is 42.3 Å². The molecule has 0 aliphatic rings. The number of fused-ring (bicyclic) bond motifs is 1. The van der Waals surface area contributed by atoms with E-state index in [4.69, 9.17) is 9.84 Å². The van der Waals surface area contributed by atoms with Gasteiger partial charge in [0.05, 0.1) is 19.0 Å². The van der Waals surface area contributed by atoms with Crippen LogP contribution in [-0.2, 0) is 0 Å². The zero-order valence-electron chi connectivity index (χ0n) is 14.4. The summed E-state index contributed by atoms with van der Waals surface area (Å²) in [5.74, 6) is 2.03. The van der Waals surface area contributed by atoms with E-state index < -0.39 is 0 Å². The number of phenolic OH excluding ortho intramolecular Hbond substituents is 1. The highest BCUT2D eigenvalue weighted by atomic mass is 16.5. The van der Waals surface area contributed by atoms with Crippen LogP contribution < -0.4 is 9.64 Å². The number of imidazole rings is 1. The van der Waals surface area contributed by atoms with Crippen molar-refractivity contribution < 1.29 is 9.84 Å². The second-order valence-electron chi connectivity index (χ2n) is 5.74. The summed E-state index contributed by atoms with van der Waals surface area (Å²) >= 11 is 0. The van der Waals surface area contributed by atoms with E-state index in [1.165, 1.54) is 7.11 Å². The van der Waals surface area contributed by atoms with Crippen molar-refractivity contribution in [1.29, 1.82) is 0 Å². The summed E-state index contributed by atoms with van der Waals surface area (Å²) in [4.78, 5) is 10.7. The molecule has 1 aromatic carbocycles. The van der Waals surface area contributed by atoms with Crippen molar-refractivity contribution in [2.45, 2.75) is 0 Å². The van der Waals surface area contributed by atoms with E-state index in [0.29, 0.717) is 5.75 Å². The molecule has 0 aliphatic heterocycles. The van der Waals surface area contributed by atoms with Gasteiger partial charge in [-0.2, -0.15) is 0 Å². The Hall–Kier alpha value is -3.61. The topological polar surface area (TPSA) is 75.8 Å². The molecule has 0 atom stereocenters. The number of aromatic nitrogens is 4. The van der Waals surface area contributed by atoms with Crippen LogP contribution in [0.3, 0.4) is 0 Å². The van der Waals surface area contributed by atoms with Crippen LogP contribution >= 0.6 is 0 Å². The molecule has 7 heteroatoms. The Balaban J connectivity index is 1.80. The number of anilines is 2. The van der Waals surface area contributed by atoms with Gasteiger partial charge in [-0.25, -0.2) is 14.5 Å². The van der Waals surface area contributed by atoms with Crippen molar-refractivity contribution in [3.05, 3.63) is 60.9 Å². The Labute approximate surface area is 150 Å². The first kappa shape index (κ1) is 15.9. The monoisotopic (exact) mass is 347 g/mol. The molecule has 4 rings (SSSR count). The van der Waals surface area contributed by atoms with Crippen LogP contribution in [0.15, 0.2) is 60.9 Å². The second-order valence-corrected chi connectivity index (χ2v) is 5.74. The van der Waals surface area contributed by atoms with Gasteiger partial charge in [-0.1, -0.05) is 6.07 Å². The van der Waals surface area contributed by atoms with Crippen molar-refractivity contribution in [3.8, 4) is 22.8 Å². The van der Waals surface area contributed by atoms with Crippen molar-refractivity contribution in [1.82, 2.24) is 19.6 Å². The van der Waals surface area contributed by atoms with E-state index in [9.17, 15) is 5.11 Å². The van der Waals surface area contributed by atoms with E-state index in [2.05, 4.69) is 9.97 Å². The smallest absolute Gasteiger partial charge is 0.161 e. The summed E-state index contributed by atoms with van der Waals surface area (Å²) in [7, 11) is 3.43. The Bertz CT molecular complexity index is 1060. The first-order chi connectivity index (χ1) is 12.7. The maximum absolute atomic E-state index is 9.81. The molecule has 0 saturated heterocycles. The number of aromatic hydroxyl groups is 1. The average Bonchev–Trinajstić information content (AvgIpc) is 3.11. The third-order valence-corrected chi connectivity index (χ3v) is 4.16. The van der Waals surface area contributed by atoms with Crippen LogP contribution in [0.5, 0.6) is 11.5 Å². The molecule has 0 amide bonds. The third-order valence-electron chi connectivity index (χ3n) is 4.16. The summed E-state index contributed by atoms with van der Waals surface area (Å²) in [5.41, 5.74) is 2.37. The third kappa shape index (κ3) is 2.69. The molecule has 1 N–H and O–H groups in total. The normalized spacial score (nSPS) is 10.8. The molecule has 4 aromatic rings. The minimum absolute atomic E-state index is 0.0913. The minimum atomic E-state index is 0.0913. The van der Waals surface area contributed by atoms with Crippen LogP contribution in [0.2, 0.25) is 0 Å². The molecule has 0 saturated carbocycles. The number of ether oxygens (including phenoxy) is 1. The van der Waals surface area contributed by atoms with Crippen molar-refractivity contribution in [2.24, 2.45) is 0 Å². The highest BCUT2D eigenvalue weighted by Gasteiger charge is 2.13.